The number of hydrogen-bond donors (Lipinski definition) is 0. The Kier molecular flexibility index (Phi) is 4.67. The van der Waals surface area contributed by atoms with Crippen molar-refractivity contribution in [2.45, 2.75) is 33.3 Å². The van der Waals surface area contributed by atoms with E-state index in [0.717, 1.165) is 29.4 Å². The van der Waals surface area contributed by atoms with Crippen molar-refractivity contribution in [1.29, 1.82) is 0 Å². The summed E-state index contributed by atoms with van der Waals surface area (Å²) in [6, 6.07) is 6.04. The van der Waals surface area contributed by atoms with E-state index in [9.17, 15) is 4.79 Å². The molecular weight excluding hydrogens is 288 g/mol. The molecule has 1 aliphatic heterocycles. The number of carbonyl (C=O) groups is 1. The van der Waals surface area contributed by atoms with Crippen LogP contribution in [0.4, 0.5) is 10.5 Å². The summed E-state index contributed by atoms with van der Waals surface area (Å²) in [5.41, 5.74) is 1.78. The minimum atomic E-state index is -0.443. The van der Waals surface area contributed by atoms with Crippen molar-refractivity contribution in [3.8, 4) is 0 Å². The lowest BCUT2D eigenvalue weighted by Crippen LogP contribution is -2.50. The maximum absolute atomic E-state index is 12.0. The zero-order valence-electron chi connectivity index (χ0n) is 13.1. The zero-order chi connectivity index (χ0) is 15.6. The second-order valence-electron chi connectivity index (χ2n) is 6.39. The van der Waals surface area contributed by atoms with Crippen LogP contribution in [0.2, 0.25) is 5.02 Å². The van der Waals surface area contributed by atoms with Crippen LogP contribution < -0.4 is 4.90 Å². The van der Waals surface area contributed by atoms with Crippen LogP contribution in [0.5, 0.6) is 0 Å². The van der Waals surface area contributed by atoms with E-state index in [2.05, 4.69) is 11.0 Å². The number of ether oxygens (including phenoxy) is 1. The Balaban J connectivity index is 1.94. The Morgan fingerprint density at radius 2 is 1.81 bits per heavy atom. The second kappa shape index (κ2) is 6.14. The lowest BCUT2D eigenvalue weighted by molar-refractivity contribution is 0.0240. The third-order valence-electron chi connectivity index (χ3n) is 3.44. The van der Waals surface area contributed by atoms with E-state index in [4.69, 9.17) is 16.3 Å². The van der Waals surface area contributed by atoms with E-state index in [1.807, 2.05) is 39.8 Å². The average Bonchev–Trinajstić information content (AvgIpc) is 2.40. The molecule has 0 unspecified atom stereocenters. The van der Waals surface area contributed by atoms with Crippen LogP contribution in [-0.2, 0) is 4.74 Å². The monoisotopic (exact) mass is 310 g/mol. The van der Waals surface area contributed by atoms with Crippen LogP contribution in [0.25, 0.3) is 0 Å². The molecule has 0 atom stereocenters. The Morgan fingerprint density at radius 1 is 1.19 bits per heavy atom. The van der Waals surface area contributed by atoms with Crippen molar-refractivity contribution < 1.29 is 9.53 Å². The van der Waals surface area contributed by atoms with Gasteiger partial charge in [0.25, 0.3) is 0 Å². The first-order chi connectivity index (χ1) is 9.76. The predicted octanol–water partition coefficient (Wildman–Crippen LogP) is 3.71. The number of aryl methyl sites for hydroxylation is 1. The van der Waals surface area contributed by atoms with Crippen molar-refractivity contribution in [2.75, 3.05) is 31.1 Å². The first-order valence-electron chi connectivity index (χ1n) is 7.25. The lowest BCUT2D eigenvalue weighted by Gasteiger charge is -2.36. The highest BCUT2D eigenvalue weighted by Gasteiger charge is 2.25. The highest BCUT2D eigenvalue weighted by Crippen LogP contribution is 2.23. The van der Waals surface area contributed by atoms with E-state index in [1.165, 1.54) is 0 Å². The number of amides is 1. The Bertz CT molecular complexity index is 517. The lowest BCUT2D eigenvalue weighted by atomic mass is 10.2. The number of nitrogens with zero attached hydrogens (tertiary/aromatic N) is 2. The molecule has 116 valence electrons. The quantitative estimate of drug-likeness (QED) is 0.793. The molecule has 1 saturated heterocycles. The van der Waals surface area contributed by atoms with Crippen molar-refractivity contribution in [3.63, 3.8) is 0 Å². The molecule has 1 aromatic carbocycles. The summed E-state index contributed by atoms with van der Waals surface area (Å²) < 4.78 is 5.40. The van der Waals surface area contributed by atoms with Crippen LogP contribution in [-0.4, -0.2) is 42.8 Å². The van der Waals surface area contributed by atoms with Gasteiger partial charge in [0.15, 0.2) is 0 Å². The van der Waals surface area contributed by atoms with Crippen LogP contribution in [0.15, 0.2) is 18.2 Å². The molecule has 0 bridgehead atoms. The molecule has 0 radical (unpaired) electrons. The maximum atomic E-state index is 12.0. The summed E-state index contributed by atoms with van der Waals surface area (Å²) in [6.45, 7) is 10.6. The highest BCUT2D eigenvalue weighted by atomic mass is 35.5. The number of rotatable bonds is 1. The summed E-state index contributed by atoms with van der Waals surface area (Å²) in [7, 11) is 0. The SMILES string of the molecule is Cc1cc(N2CCN(C(=O)OC(C)(C)C)CC2)ccc1Cl. The Hall–Kier alpha value is -1.42. The zero-order valence-corrected chi connectivity index (χ0v) is 13.9. The van der Waals surface area contributed by atoms with Crippen molar-refractivity contribution in [2.24, 2.45) is 0 Å². The Labute approximate surface area is 131 Å². The van der Waals surface area contributed by atoms with Gasteiger partial charge in [0.2, 0.25) is 0 Å². The fraction of sp³-hybridized carbons (Fsp3) is 0.562. The van der Waals surface area contributed by atoms with Gasteiger partial charge in [0, 0.05) is 36.9 Å². The molecule has 21 heavy (non-hydrogen) atoms. The first kappa shape index (κ1) is 16.0. The van der Waals surface area contributed by atoms with Crippen LogP contribution in [0.3, 0.4) is 0 Å². The summed E-state index contributed by atoms with van der Waals surface area (Å²) in [5, 5.41) is 0.783. The molecule has 1 aromatic rings. The van der Waals surface area contributed by atoms with Crippen LogP contribution in [0.1, 0.15) is 26.3 Å². The standard InChI is InChI=1S/C16H23ClN2O2/c1-12-11-13(5-6-14(12)17)18-7-9-19(10-8-18)15(20)21-16(2,3)4/h5-6,11H,7-10H2,1-4H3. The molecule has 0 aliphatic carbocycles. The van der Waals surface area contributed by atoms with Gasteiger partial charge in [-0.15, -0.1) is 0 Å². The van der Waals surface area contributed by atoms with Gasteiger partial charge in [0.1, 0.15) is 5.60 Å². The van der Waals surface area contributed by atoms with Crippen LogP contribution >= 0.6 is 11.6 Å². The molecule has 1 amide bonds. The second-order valence-corrected chi connectivity index (χ2v) is 6.80. The smallest absolute Gasteiger partial charge is 0.410 e. The third-order valence-corrected chi connectivity index (χ3v) is 3.86. The minimum Gasteiger partial charge on any atom is -0.444 e. The van der Waals surface area contributed by atoms with Gasteiger partial charge in [-0.1, -0.05) is 11.6 Å². The molecule has 1 heterocycles. The molecule has 1 aliphatic rings. The van der Waals surface area contributed by atoms with Gasteiger partial charge in [-0.05, 0) is 51.5 Å². The fourth-order valence-electron chi connectivity index (χ4n) is 2.30. The van der Waals surface area contributed by atoms with Gasteiger partial charge in [0.05, 0.1) is 0 Å². The van der Waals surface area contributed by atoms with E-state index >= 15 is 0 Å². The summed E-state index contributed by atoms with van der Waals surface area (Å²) in [4.78, 5) is 16.1. The molecule has 1 fully saturated rings. The van der Waals surface area contributed by atoms with Gasteiger partial charge in [-0.25, -0.2) is 4.79 Å². The number of halogens is 1. The van der Waals surface area contributed by atoms with Gasteiger partial charge < -0.3 is 14.5 Å². The highest BCUT2D eigenvalue weighted by molar-refractivity contribution is 6.31. The summed E-state index contributed by atoms with van der Waals surface area (Å²) >= 11 is 6.06. The predicted molar refractivity (Wildman–Crippen MR) is 86.2 cm³/mol. The average molecular weight is 311 g/mol. The number of carbonyl (C=O) groups excluding carboxylic acids is 1. The van der Waals surface area contributed by atoms with Gasteiger partial charge >= 0.3 is 6.09 Å². The normalized spacial score (nSPS) is 16.0. The fourth-order valence-corrected chi connectivity index (χ4v) is 2.42. The molecule has 2 rings (SSSR count). The van der Waals surface area contributed by atoms with Crippen molar-refractivity contribution >= 4 is 23.4 Å². The maximum Gasteiger partial charge on any atom is 0.410 e. The number of benzene rings is 1. The van der Waals surface area contributed by atoms with Gasteiger partial charge in [-0.2, -0.15) is 0 Å². The largest absolute Gasteiger partial charge is 0.444 e. The van der Waals surface area contributed by atoms with Crippen LogP contribution in [0, 0.1) is 6.92 Å². The minimum absolute atomic E-state index is 0.227. The first-order valence-corrected chi connectivity index (χ1v) is 7.63. The third kappa shape index (κ3) is 4.27. The summed E-state index contributed by atoms with van der Waals surface area (Å²) in [5.74, 6) is 0. The number of anilines is 1. The molecule has 0 saturated carbocycles. The van der Waals surface area contributed by atoms with E-state index in [0.29, 0.717) is 13.1 Å². The topological polar surface area (TPSA) is 32.8 Å². The molecule has 0 N–H and O–H groups in total. The van der Waals surface area contributed by atoms with Gasteiger partial charge in [-0.3, -0.25) is 0 Å². The molecule has 0 aromatic heterocycles. The van der Waals surface area contributed by atoms with E-state index in [1.54, 1.807) is 4.90 Å². The molecule has 4 nitrogen and oxygen atoms in total. The molecule has 5 heteroatoms. The Morgan fingerprint density at radius 3 is 2.33 bits per heavy atom. The van der Waals surface area contributed by atoms with E-state index in [-0.39, 0.29) is 6.09 Å². The number of hydrogen-bond acceptors (Lipinski definition) is 3. The molecular formula is C16H23ClN2O2. The van der Waals surface area contributed by atoms with Crippen molar-refractivity contribution in [1.82, 2.24) is 4.90 Å². The molecule has 0 spiro atoms. The number of piperazine rings is 1. The van der Waals surface area contributed by atoms with E-state index < -0.39 is 5.60 Å². The van der Waals surface area contributed by atoms with Crippen molar-refractivity contribution in [3.05, 3.63) is 28.8 Å². The summed E-state index contributed by atoms with van der Waals surface area (Å²) in [6.07, 6.45) is -0.227.